The first-order valence-corrected chi connectivity index (χ1v) is 10.5. The number of esters is 1. The number of nitrogens with one attached hydrogen (secondary N) is 1. The number of hydrogen-bond acceptors (Lipinski definition) is 5. The molecule has 0 aromatic heterocycles. The molecule has 1 saturated heterocycles. The van der Waals surface area contributed by atoms with E-state index in [0.29, 0.717) is 12.8 Å². The largest absolute Gasteiger partial charge is 0.459 e. The van der Waals surface area contributed by atoms with E-state index in [0.717, 1.165) is 17.7 Å². The third kappa shape index (κ3) is 4.08. The van der Waals surface area contributed by atoms with Crippen molar-refractivity contribution in [1.82, 2.24) is 15.1 Å². The number of ether oxygens (including phenoxy) is 1. The van der Waals surface area contributed by atoms with Gasteiger partial charge < -0.3 is 10.1 Å². The zero-order valence-corrected chi connectivity index (χ0v) is 18.9. The van der Waals surface area contributed by atoms with Crippen molar-refractivity contribution in [2.24, 2.45) is 0 Å². The minimum absolute atomic E-state index is 0.194. The van der Waals surface area contributed by atoms with Crippen LogP contribution in [0.25, 0.3) is 0 Å². The highest BCUT2D eigenvalue weighted by molar-refractivity contribution is 6.08. The van der Waals surface area contributed by atoms with Gasteiger partial charge in [-0.15, -0.1) is 0 Å². The van der Waals surface area contributed by atoms with Gasteiger partial charge in [-0.3, -0.25) is 19.4 Å². The molecule has 1 aromatic rings. The summed E-state index contributed by atoms with van der Waals surface area (Å²) in [6.45, 7) is 6.98. The SMILES string of the molecule is Cc1cccc(C2(N(C)C)CCC3(CC2)NC(=O)N(CC(=O)OC(C)(C)C)C3=O)c1. The quantitative estimate of drug-likeness (QED) is 0.604. The predicted octanol–water partition coefficient (Wildman–Crippen LogP) is 2.96. The van der Waals surface area contributed by atoms with Crippen molar-refractivity contribution in [2.45, 2.75) is 70.1 Å². The van der Waals surface area contributed by atoms with Gasteiger partial charge in [-0.1, -0.05) is 29.8 Å². The Hall–Kier alpha value is -2.41. The number of carbonyl (C=O) groups excluding carboxylic acids is 3. The molecule has 164 valence electrons. The summed E-state index contributed by atoms with van der Waals surface area (Å²) in [6.07, 6.45) is 2.51. The molecule has 3 rings (SSSR count). The van der Waals surface area contributed by atoms with Gasteiger partial charge in [-0.05, 0) is 73.0 Å². The molecule has 0 unspecified atom stereocenters. The number of nitrogens with zero attached hydrogens (tertiary/aromatic N) is 2. The lowest BCUT2D eigenvalue weighted by Crippen LogP contribution is -2.55. The summed E-state index contributed by atoms with van der Waals surface area (Å²) in [5, 5.41) is 2.89. The molecule has 0 atom stereocenters. The number of hydrogen-bond donors (Lipinski definition) is 1. The first kappa shape index (κ1) is 22.3. The summed E-state index contributed by atoms with van der Waals surface area (Å²) in [7, 11) is 4.12. The molecule has 2 aliphatic rings. The summed E-state index contributed by atoms with van der Waals surface area (Å²) in [5.41, 5.74) is 0.619. The van der Waals surface area contributed by atoms with Crippen molar-refractivity contribution in [3.05, 3.63) is 35.4 Å². The Balaban J connectivity index is 1.77. The van der Waals surface area contributed by atoms with E-state index in [1.807, 2.05) is 0 Å². The standard InChI is InChI=1S/C23H33N3O4/c1-16-8-7-9-17(14-16)23(25(5)6)12-10-22(11-13-23)19(28)26(20(29)24-22)15-18(27)30-21(2,3)4/h7-9,14H,10-13,15H2,1-6H3,(H,24,29). The van der Waals surface area contributed by atoms with Gasteiger partial charge in [0.15, 0.2) is 0 Å². The van der Waals surface area contributed by atoms with Gasteiger partial charge in [0.2, 0.25) is 0 Å². The molecule has 7 heteroatoms. The Morgan fingerprint density at radius 3 is 2.33 bits per heavy atom. The Morgan fingerprint density at radius 2 is 1.80 bits per heavy atom. The summed E-state index contributed by atoms with van der Waals surface area (Å²) >= 11 is 0. The molecule has 1 spiro atoms. The zero-order chi connectivity index (χ0) is 22.3. The van der Waals surface area contributed by atoms with Crippen molar-refractivity contribution in [3.63, 3.8) is 0 Å². The number of carbonyl (C=O) groups is 3. The number of rotatable bonds is 4. The fourth-order valence-corrected chi connectivity index (χ4v) is 4.68. The highest BCUT2D eigenvalue weighted by Crippen LogP contribution is 2.46. The molecule has 7 nitrogen and oxygen atoms in total. The fourth-order valence-electron chi connectivity index (χ4n) is 4.68. The van der Waals surface area contributed by atoms with Crippen molar-refractivity contribution >= 4 is 17.9 Å². The highest BCUT2D eigenvalue weighted by Gasteiger charge is 2.56. The van der Waals surface area contributed by atoms with E-state index in [1.165, 1.54) is 11.1 Å². The van der Waals surface area contributed by atoms with Crippen LogP contribution in [-0.2, 0) is 19.9 Å². The van der Waals surface area contributed by atoms with E-state index in [1.54, 1.807) is 20.8 Å². The van der Waals surface area contributed by atoms with Crippen molar-refractivity contribution in [3.8, 4) is 0 Å². The van der Waals surface area contributed by atoms with Gasteiger partial charge in [0, 0.05) is 5.54 Å². The van der Waals surface area contributed by atoms with E-state index in [4.69, 9.17) is 4.74 Å². The Bertz CT molecular complexity index is 848. The van der Waals surface area contributed by atoms with Gasteiger partial charge in [-0.25, -0.2) is 4.79 Å². The van der Waals surface area contributed by atoms with Crippen LogP contribution in [0.1, 0.15) is 57.6 Å². The van der Waals surface area contributed by atoms with Crippen molar-refractivity contribution in [1.29, 1.82) is 0 Å². The molecule has 1 heterocycles. The third-order valence-corrected chi connectivity index (χ3v) is 6.30. The first-order valence-electron chi connectivity index (χ1n) is 10.5. The van der Waals surface area contributed by atoms with Crippen LogP contribution in [0.3, 0.4) is 0 Å². The maximum Gasteiger partial charge on any atom is 0.326 e. The zero-order valence-electron chi connectivity index (χ0n) is 18.9. The lowest BCUT2D eigenvalue weighted by atomic mass is 9.68. The predicted molar refractivity (Wildman–Crippen MR) is 114 cm³/mol. The summed E-state index contributed by atoms with van der Waals surface area (Å²) < 4.78 is 5.29. The topological polar surface area (TPSA) is 79.0 Å². The van der Waals surface area contributed by atoms with E-state index in [-0.39, 0.29) is 18.0 Å². The number of benzene rings is 1. The van der Waals surface area contributed by atoms with Crippen LogP contribution < -0.4 is 5.32 Å². The molecule has 0 bridgehead atoms. The van der Waals surface area contributed by atoms with E-state index < -0.39 is 23.1 Å². The average Bonchev–Trinajstić information content (AvgIpc) is 2.85. The third-order valence-electron chi connectivity index (χ3n) is 6.30. The molecular weight excluding hydrogens is 382 g/mol. The van der Waals surface area contributed by atoms with Crippen molar-refractivity contribution < 1.29 is 19.1 Å². The minimum atomic E-state index is -0.942. The summed E-state index contributed by atoms with van der Waals surface area (Å²) in [5.74, 6) is -0.906. The Labute approximate surface area is 178 Å². The van der Waals surface area contributed by atoms with Gasteiger partial charge >= 0.3 is 12.0 Å². The molecule has 30 heavy (non-hydrogen) atoms. The highest BCUT2D eigenvalue weighted by atomic mass is 16.6. The number of imide groups is 1. The normalized spacial score (nSPS) is 27.0. The Kier molecular flexibility index (Phi) is 5.71. The van der Waals surface area contributed by atoms with Crippen LogP contribution in [0.2, 0.25) is 0 Å². The second-order valence-electron chi connectivity index (χ2n) is 9.79. The minimum Gasteiger partial charge on any atom is -0.459 e. The van der Waals surface area contributed by atoms with Crippen molar-refractivity contribution in [2.75, 3.05) is 20.6 Å². The smallest absolute Gasteiger partial charge is 0.326 e. The molecule has 1 N–H and O–H groups in total. The average molecular weight is 416 g/mol. The van der Waals surface area contributed by atoms with Gasteiger partial charge in [0.25, 0.3) is 5.91 Å². The molecule has 2 fully saturated rings. The second-order valence-corrected chi connectivity index (χ2v) is 9.79. The van der Waals surface area contributed by atoms with E-state index >= 15 is 0 Å². The molecular formula is C23H33N3O4. The molecule has 1 aliphatic carbocycles. The fraction of sp³-hybridized carbons (Fsp3) is 0.609. The van der Waals surface area contributed by atoms with E-state index in [9.17, 15) is 14.4 Å². The Morgan fingerprint density at radius 1 is 1.17 bits per heavy atom. The maximum atomic E-state index is 13.2. The number of amides is 3. The first-order chi connectivity index (χ1) is 13.9. The van der Waals surface area contributed by atoms with Crippen LogP contribution in [-0.4, -0.2) is 59.5 Å². The summed E-state index contributed by atoms with van der Waals surface area (Å²) in [6, 6.07) is 7.95. The van der Waals surface area contributed by atoms with Crippen LogP contribution >= 0.6 is 0 Å². The number of aryl methyl sites for hydroxylation is 1. The lowest BCUT2D eigenvalue weighted by Gasteiger charge is -2.48. The lowest BCUT2D eigenvalue weighted by molar-refractivity contribution is -0.157. The van der Waals surface area contributed by atoms with Crippen LogP contribution in [0.5, 0.6) is 0 Å². The van der Waals surface area contributed by atoms with Crippen LogP contribution in [0, 0.1) is 6.92 Å². The van der Waals surface area contributed by atoms with Gasteiger partial charge in [-0.2, -0.15) is 0 Å². The molecule has 0 radical (unpaired) electrons. The van der Waals surface area contributed by atoms with E-state index in [2.05, 4.69) is 55.5 Å². The maximum absolute atomic E-state index is 13.2. The van der Waals surface area contributed by atoms with Gasteiger partial charge in [0.05, 0.1) is 0 Å². The molecule has 1 aliphatic heterocycles. The molecule has 3 amide bonds. The monoisotopic (exact) mass is 415 g/mol. The van der Waals surface area contributed by atoms with Crippen LogP contribution in [0.4, 0.5) is 4.79 Å². The summed E-state index contributed by atoms with van der Waals surface area (Å²) in [4.78, 5) is 41.1. The second kappa shape index (κ2) is 7.69. The molecule has 1 saturated carbocycles. The number of urea groups is 1. The van der Waals surface area contributed by atoms with Crippen LogP contribution in [0.15, 0.2) is 24.3 Å². The molecule has 1 aromatic carbocycles. The van der Waals surface area contributed by atoms with Gasteiger partial charge in [0.1, 0.15) is 17.7 Å².